The topological polar surface area (TPSA) is 55.9 Å². The van der Waals surface area contributed by atoms with Gasteiger partial charge in [0.05, 0.1) is 6.54 Å². The second-order valence-electron chi connectivity index (χ2n) is 5.72. The van der Waals surface area contributed by atoms with Gasteiger partial charge in [0.1, 0.15) is 0 Å². The van der Waals surface area contributed by atoms with E-state index in [4.69, 9.17) is 4.52 Å². The molecule has 0 atom stereocenters. The Labute approximate surface area is 123 Å². The number of hydrogen-bond donors (Lipinski definition) is 1. The lowest BCUT2D eigenvalue weighted by Gasteiger charge is -2.05. The molecule has 5 nitrogen and oxygen atoms in total. The van der Waals surface area contributed by atoms with E-state index in [1.165, 1.54) is 29.3 Å². The molecule has 1 fully saturated rings. The smallest absolute Gasteiger partial charge is 0.223 e. The van der Waals surface area contributed by atoms with Crippen molar-refractivity contribution < 1.29 is 4.52 Å². The van der Waals surface area contributed by atoms with Gasteiger partial charge in [0.25, 0.3) is 0 Å². The van der Waals surface area contributed by atoms with Gasteiger partial charge in [-0.3, -0.25) is 0 Å². The van der Waals surface area contributed by atoms with Crippen molar-refractivity contribution in [3.8, 4) is 0 Å². The van der Waals surface area contributed by atoms with Crippen LogP contribution in [-0.2, 0) is 13.1 Å². The minimum absolute atomic E-state index is 0.606. The summed E-state index contributed by atoms with van der Waals surface area (Å²) in [6.07, 6.45) is 4.72. The second kappa shape index (κ2) is 5.00. The summed E-state index contributed by atoms with van der Waals surface area (Å²) in [6, 6.07) is 9.50. The summed E-state index contributed by atoms with van der Waals surface area (Å²) in [7, 11) is 0. The van der Waals surface area contributed by atoms with Crippen molar-refractivity contribution in [1.82, 2.24) is 20.0 Å². The van der Waals surface area contributed by atoms with Crippen LogP contribution in [0, 0.1) is 6.92 Å². The molecule has 0 unspecified atom stereocenters. The van der Waals surface area contributed by atoms with Crippen molar-refractivity contribution in [3.63, 3.8) is 0 Å². The van der Waals surface area contributed by atoms with Crippen LogP contribution in [0.5, 0.6) is 0 Å². The Kier molecular flexibility index (Phi) is 3.00. The fourth-order valence-electron chi connectivity index (χ4n) is 2.60. The highest BCUT2D eigenvalue weighted by Gasteiger charge is 2.19. The maximum Gasteiger partial charge on any atom is 0.223 e. The second-order valence-corrected chi connectivity index (χ2v) is 5.72. The highest BCUT2D eigenvalue weighted by molar-refractivity contribution is 5.80. The lowest BCUT2D eigenvalue weighted by Crippen LogP contribution is -2.15. The lowest BCUT2D eigenvalue weighted by atomic mass is 10.1. The van der Waals surface area contributed by atoms with E-state index < -0.39 is 0 Å². The molecule has 0 amide bonds. The van der Waals surface area contributed by atoms with E-state index in [9.17, 15) is 0 Å². The van der Waals surface area contributed by atoms with Crippen LogP contribution in [-0.4, -0.2) is 20.7 Å². The molecule has 0 radical (unpaired) electrons. The number of nitrogens with one attached hydrogen (secondary N) is 1. The molecular weight excluding hydrogens is 264 g/mol. The highest BCUT2D eigenvalue weighted by atomic mass is 16.5. The van der Waals surface area contributed by atoms with Gasteiger partial charge in [0, 0.05) is 31.2 Å². The van der Waals surface area contributed by atoms with Crippen molar-refractivity contribution in [2.24, 2.45) is 0 Å². The summed E-state index contributed by atoms with van der Waals surface area (Å²) in [4.78, 5) is 4.26. The van der Waals surface area contributed by atoms with Crippen LogP contribution in [0.3, 0.4) is 0 Å². The van der Waals surface area contributed by atoms with Crippen molar-refractivity contribution >= 4 is 10.9 Å². The van der Waals surface area contributed by atoms with Gasteiger partial charge in [-0.25, -0.2) is 0 Å². The predicted molar refractivity (Wildman–Crippen MR) is 79.9 cm³/mol. The quantitative estimate of drug-likeness (QED) is 0.781. The molecule has 0 aliphatic heterocycles. The summed E-state index contributed by atoms with van der Waals surface area (Å²) in [5.74, 6) is 1.32. The van der Waals surface area contributed by atoms with Gasteiger partial charge in [0.2, 0.25) is 5.89 Å². The van der Waals surface area contributed by atoms with Gasteiger partial charge in [0.15, 0.2) is 5.82 Å². The molecular formula is C16H18N4O. The lowest BCUT2D eigenvalue weighted by molar-refractivity contribution is 0.386. The SMILES string of the molecule is Cc1nc(Cn2ccc3cc(CNC4CC4)ccc32)no1. The summed E-state index contributed by atoms with van der Waals surface area (Å²) >= 11 is 0. The Morgan fingerprint density at radius 3 is 3.00 bits per heavy atom. The van der Waals surface area contributed by atoms with Gasteiger partial charge in [-0.05, 0) is 42.0 Å². The summed E-state index contributed by atoms with van der Waals surface area (Å²) in [5, 5.41) is 8.76. The number of aryl methyl sites for hydroxylation is 1. The van der Waals surface area contributed by atoms with Gasteiger partial charge in [-0.2, -0.15) is 4.98 Å². The van der Waals surface area contributed by atoms with Gasteiger partial charge in [-0.15, -0.1) is 0 Å². The van der Waals surface area contributed by atoms with Gasteiger partial charge < -0.3 is 14.4 Å². The number of hydrogen-bond acceptors (Lipinski definition) is 4. The van der Waals surface area contributed by atoms with Crippen LogP contribution in [0.4, 0.5) is 0 Å². The molecule has 1 N–H and O–H groups in total. The maximum absolute atomic E-state index is 5.02. The standard InChI is InChI=1S/C16H18N4O/c1-11-18-16(19-21-11)10-20-7-6-13-8-12(2-5-15(13)20)9-17-14-3-4-14/h2,5-8,14,17H,3-4,9-10H2,1H3. The summed E-state index contributed by atoms with van der Waals surface area (Å²) in [6.45, 7) is 3.40. The van der Waals surface area contributed by atoms with E-state index in [2.05, 4.69) is 50.5 Å². The number of benzene rings is 1. The first-order valence-electron chi connectivity index (χ1n) is 7.38. The van der Waals surface area contributed by atoms with Gasteiger partial charge >= 0.3 is 0 Å². The van der Waals surface area contributed by atoms with Crippen molar-refractivity contribution in [2.45, 2.75) is 38.9 Å². The van der Waals surface area contributed by atoms with Gasteiger partial charge in [-0.1, -0.05) is 11.2 Å². The molecule has 2 heterocycles. The fourth-order valence-corrected chi connectivity index (χ4v) is 2.60. The predicted octanol–water partition coefficient (Wildman–Crippen LogP) is 2.63. The molecule has 3 aromatic rings. The van der Waals surface area contributed by atoms with E-state index in [-0.39, 0.29) is 0 Å². The molecule has 1 aliphatic rings. The monoisotopic (exact) mass is 282 g/mol. The zero-order chi connectivity index (χ0) is 14.2. The van der Waals surface area contributed by atoms with Crippen LogP contribution in [0.15, 0.2) is 35.0 Å². The summed E-state index contributed by atoms with van der Waals surface area (Å²) in [5.41, 5.74) is 2.54. The number of rotatable bonds is 5. The first-order chi connectivity index (χ1) is 10.3. The Hall–Kier alpha value is -2.14. The minimum Gasteiger partial charge on any atom is -0.340 e. The zero-order valence-electron chi connectivity index (χ0n) is 12.0. The number of aromatic nitrogens is 3. The van der Waals surface area contributed by atoms with E-state index in [0.29, 0.717) is 18.3 Å². The number of nitrogens with zero attached hydrogens (tertiary/aromatic N) is 3. The Bertz CT molecular complexity index is 770. The molecule has 0 spiro atoms. The number of fused-ring (bicyclic) bond motifs is 1. The third-order valence-electron chi connectivity index (χ3n) is 3.89. The zero-order valence-corrected chi connectivity index (χ0v) is 12.0. The van der Waals surface area contributed by atoms with Crippen LogP contribution >= 0.6 is 0 Å². The molecule has 1 saturated carbocycles. The molecule has 1 aliphatic carbocycles. The third kappa shape index (κ3) is 2.69. The largest absolute Gasteiger partial charge is 0.340 e. The average molecular weight is 282 g/mol. The molecule has 4 rings (SSSR count). The van der Waals surface area contributed by atoms with Crippen LogP contribution < -0.4 is 5.32 Å². The maximum atomic E-state index is 5.02. The van der Waals surface area contributed by atoms with Crippen molar-refractivity contribution in [1.29, 1.82) is 0 Å². The Morgan fingerprint density at radius 2 is 2.24 bits per heavy atom. The molecule has 0 saturated heterocycles. The first kappa shape index (κ1) is 12.6. The van der Waals surface area contributed by atoms with E-state index in [1.807, 2.05) is 6.92 Å². The first-order valence-corrected chi connectivity index (χ1v) is 7.38. The molecule has 1 aromatic carbocycles. The Morgan fingerprint density at radius 1 is 1.33 bits per heavy atom. The van der Waals surface area contributed by atoms with Crippen LogP contribution in [0.1, 0.15) is 30.1 Å². The van der Waals surface area contributed by atoms with Crippen LogP contribution in [0.2, 0.25) is 0 Å². The third-order valence-corrected chi connectivity index (χ3v) is 3.89. The highest BCUT2D eigenvalue weighted by Crippen LogP contribution is 2.21. The van der Waals surface area contributed by atoms with E-state index in [0.717, 1.165) is 12.6 Å². The van der Waals surface area contributed by atoms with E-state index >= 15 is 0 Å². The summed E-state index contributed by atoms with van der Waals surface area (Å²) < 4.78 is 7.17. The average Bonchev–Trinajstić information content (AvgIpc) is 3.11. The normalized spacial score (nSPS) is 14.9. The van der Waals surface area contributed by atoms with E-state index in [1.54, 1.807) is 0 Å². The molecule has 5 heteroatoms. The van der Waals surface area contributed by atoms with Crippen molar-refractivity contribution in [3.05, 3.63) is 47.7 Å². The minimum atomic E-state index is 0.606. The molecule has 2 aromatic heterocycles. The van der Waals surface area contributed by atoms with Crippen LogP contribution in [0.25, 0.3) is 10.9 Å². The van der Waals surface area contributed by atoms with Crippen molar-refractivity contribution in [2.75, 3.05) is 0 Å². The fraction of sp³-hybridized carbons (Fsp3) is 0.375. The molecule has 108 valence electrons. The molecule has 0 bridgehead atoms. The molecule has 21 heavy (non-hydrogen) atoms. The Balaban J connectivity index is 1.56.